The Morgan fingerprint density at radius 1 is 1.43 bits per heavy atom. The number of carbonyl (C=O) groups is 2. The summed E-state index contributed by atoms with van der Waals surface area (Å²) in [7, 11) is 3.26. The van der Waals surface area contributed by atoms with Gasteiger partial charge in [0.05, 0.1) is 10.0 Å². The van der Waals surface area contributed by atoms with E-state index in [1.807, 2.05) is 0 Å². The number of hydrogen-bond acceptors (Lipinski definition) is 4. The molecule has 2 rings (SSSR count). The van der Waals surface area contributed by atoms with Gasteiger partial charge < -0.3 is 5.32 Å². The fraction of sp³-hybridized carbons (Fsp3) is 0.308. The van der Waals surface area contributed by atoms with E-state index in [4.69, 9.17) is 23.2 Å². The van der Waals surface area contributed by atoms with Crippen molar-refractivity contribution in [3.63, 3.8) is 0 Å². The number of anilines is 1. The largest absolute Gasteiger partial charge is 0.326 e. The summed E-state index contributed by atoms with van der Waals surface area (Å²) in [5.41, 5.74) is 0.544. The second-order valence-electron chi connectivity index (χ2n) is 4.39. The average Bonchev–Trinajstić information content (AvgIpc) is 2.70. The fourth-order valence-electron chi connectivity index (χ4n) is 1.85. The Hall–Kier alpha value is -1.24. The molecule has 112 valence electrons. The minimum Gasteiger partial charge on any atom is -0.326 e. The van der Waals surface area contributed by atoms with Crippen LogP contribution in [0, 0.1) is 0 Å². The van der Waals surface area contributed by atoms with Gasteiger partial charge in [-0.1, -0.05) is 35.0 Å². The first-order chi connectivity index (χ1) is 9.92. The molecule has 1 fully saturated rings. The van der Waals surface area contributed by atoms with Crippen LogP contribution in [0.4, 0.5) is 5.69 Å². The van der Waals surface area contributed by atoms with Crippen molar-refractivity contribution < 1.29 is 9.59 Å². The van der Waals surface area contributed by atoms with Gasteiger partial charge in [-0.2, -0.15) is 0 Å². The van der Waals surface area contributed by atoms with Crippen molar-refractivity contribution in [1.82, 2.24) is 4.90 Å². The number of nitrogens with zero attached hydrogens (tertiary/aromatic N) is 2. The van der Waals surface area contributed by atoms with Crippen molar-refractivity contribution in [3.8, 4) is 0 Å². The summed E-state index contributed by atoms with van der Waals surface area (Å²) in [5.74, 6) is -0.380. The summed E-state index contributed by atoms with van der Waals surface area (Å²) in [6, 6.07) is 4.82. The van der Waals surface area contributed by atoms with Gasteiger partial charge in [-0.05, 0) is 18.2 Å². The highest BCUT2D eigenvalue weighted by atomic mass is 35.5. The predicted molar refractivity (Wildman–Crippen MR) is 87.2 cm³/mol. The van der Waals surface area contributed by atoms with E-state index in [9.17, 15) is 9.59 Å². The molecule has 1 N–H and O–H groups in total. The maximum atomic E-state index is 12.0. The van der Waals surface area contributed by atoms with Crippen LogP contribution in [0.5, 0.6) is 0 Å². The van der Waals surface area contributed by atoms with Gasteiger partial charge in [-0.3, -0.25) is 19.5 Å². The molecule has 1 atom stereocenters. The summed E-state index contributed by atoms with van der Waals surface area (Å²) in [6.45, 7) is 0. The van der Waals surface area contributed by atoms with Gasteiger partial charge in [0.2, 0.25) is 11.8 Å². The Kier molecular flexibility index (Phi) is 5.13. The topological polar surface area (TPSA) is 61.8 Å². The normalized spacial score (nSPS) is 20.2. The van der Waals surface area contributed by atoms with Gasteiger partial charge in [0.1, 0.15) is 5.25 Å². The molecule has 21 heavy (non-hydrogen) atoms. The number of benzene rings is 1. The smallest absolute Gasteiger partial charge is 0.242 e. The van der Waals surface area contributed by atoms with Crippen LogP contribution >= 0.6 is 35.0 Å². The number of nitrogens with one attached hydrogen (secondary N) is 1. The summed E-state index contributed by atoms with van der Waals surface area (Å²) in [4.78, 5) is 29.4. The zero-order valence-corrected chi connectivity index (χ0v) is 13.7. The second-order valence-corrected chi connectivity index (χ2v) is 6.38. The molecule has 0 radical (unpaired) electrons. The molecule has 1 aromatic rings. The highest BCUT2D eigenvalue weighted by molar-refractivity contribution is 8.15. The molecule has 1 saturated heterocycles. The average molecular weight is 346 g/mol. The zero-order chi connectivity index (χ0) is 15.6. The molecule has 0 aliphatic carbocycles. The molecule has 0 unspecified atom stereocenters. The van der Waals surface area contributed by atoms with Crippen LogP contribution in [-0.4, -0.2) is 41.2 Å². The number of aliphatic imine (C=N–C) groups is 1. The van der Waals surface area contributed by atoms with Crippen molar-refractivity contribution in [2.24, 2.45) is 4.99 Å². The van der Waals surface area contributed by atoms with Crippen LogP contribution in [0.2, 0.25) is 10.0 Å². The van der Waals surface area contributed by atoms with Crippen LogP contribution in [0.15, 0.2) is 23.2 Å². The first-order valence-corrected chi connectivity index (χ1v) is 7.72. The molecule has 2 amide bonds. The number of halogens is 2. The van der Waals surface area contributed by atoms with Crippen LogP contribution in [0.1, 0.15) is 6.42 Å². The van der Waals surface area contributed by atoms with Crippen molar-refractivity contribution in [2.45, 2.75) is 11.7 Å². The SMILES string of the molecule is CN=C1S[C@@H](CC(=O)Nc2ccc(Cl)c(Cl)c2)C(=O)N1C. The first-order valence-electron chi connectivity index (χ1n) is 6.08. The third kappa shape index (κ3) is 3.70. The quantitative estimate of drug-likeness (QED) is 0.915. The van der Waals surface area contributed by atoms with Crippen LogP contribution in [-0.2, 0) is 9.59 Å². The van der Waals surface area contributed by atoms with Crippen molar-refractivity contribution in [3.05, 3.63) is 28.2 Å². The molecule has 0 bridgehead atoms. The fourth-order valence-corrected chi connectivity index (χ4v) is 3.25. The predicted octanol–water partition coefficient (Wildman–Crippen LogP) is 2.88. The minimum atomic E-state index is -0.448. The van der Waals surface area contributed by atoms with Crippen molar-refractivity contribution >= 4 is 57.6 Å². The van der Waals surface area contributed by atoms with Gasteiger partial charge >= 0.3 is 0 Å². The second kappa shape index (κ2) is 6.68. The number of carbonyl (C=O) groups excluding carboxylic acids is 2. The third-order valence-electron chi connectivity index (χ3n) is 2.91. The maximum absolute atomic E-state index is 12.0. The summed E-state index contributed by atoms with van der Waals surface area (Å²) >= 11 is 13.0. The molecule has 1 aromatic carbocycles. The number of thioether (sulfide) groups is 1. The van der Waals surface area contributed by atoms with Crippen LogP contribution < -0.4 is 5.32 Å². The van der Waals surface area contributed by atoms with E-state index in [0.29, 0.717) is 20.9 Å². The van der Waals surface area contributed by atoms with Crippen molar-refractivity contribution in [2.75, 3.05) is 19.4 Å². The van der Waals surface area contributed by atoms with E-state index in [2.05, 4.69) is 10.3 Å². The van der Waals surface area contributed by atoms with E-state index >= 15 is 0 Å². The Labute approximate surface area is 136 Å². The monoisotopic (exact) mass is 345 g/mol. The lowest BCUT2D eigenvalue weighted by molar-refractivity contribution is -0.127. The Morgan fingerprint density at radius 3 is 2.71 bits per heavy atom. The number of hydrogen-bond donors (Lipinski definition) is 1. The van der Waals surface area contributed by atoms with Gasteiger partial charge in [0.15, 0.2) is 5.17 Å². The zero-order valence-electron chi connectivity index (χ0n) is 11.4. The van der Waals surface area contributed by atoms with E-state index in [-0.39, 0.29) is 18.2 Å². The molecule has 1 aliphatic heterocycles. The van der Waals surface area contributed by atoms with E-state index < -0.39 is 5.25 Å². The van der Waals surface area contributed by atoms with Crippen molar-refractivity contribution in [1.29, 1.82) is 0 Å². The lowest BCUT2D eigenvalue weighted by atomic mass is 10.2. The maximum Gasteiger partial charge on any atom is 0.242 e. The van der Waals surface area contributed by atoms with Gasteiger partial charge in [0, 0.05) is 26.2 Å². The summed E-state index contributed by atoms with van der Waals surface area (Å²) in [6.07, 6.45) is 0.0765. The number of amidine groups is 1. The van der Waals surface area contributed by atoms with E-state index in [0.717, 1.165) is 0 Å². The molecule has 5 nitrogen and oxygen atoms in total. The Balaban J connectivity index is 1.99. The van der Waals surface area contributed by atoms with E-state index in [1.54, 1.807) is 32.3 Å². The molecule has 1 aliphatic rings. The minimum absolute atomic E-state index is 0.0765. The summed E-state index contributed by atoms with van der Waals surface area (Å²) in [5, 5.41) is 3.65. The third-order valence-corrected chi connectivity index (χ3v) is 4.97. The molecule has 0 saturated carbocycles. The highest BCUT2D eigenvalue weighted by Crippen LogP contribution is 2.29. The summed E-state index contributed by atoms with van der Waals surface area (Å²) < 4.78 is 0. The van der Waals surface area contributed by atoms with Crippen LogP contribution in [0.25, 0.3) is 0 Å². The molecule has 8 heteroatoms. The van der Waals surface area contributed by atoms with E-state index in [1.165, 1.54) is 16.7 Å². The standard InChI is InChI=1S/C13H13Cl2N3O2S/c1-16-13-18(2)12(20)10(21-13)6-11(19)17-7-3-4-8(14)9(15)5-7/h3-5,10H,6H2,1-2H3,(H,17,19)/t10-/m0/s1. The molecular weight excluding hydrogens is 333 g/mol. The lowest BCUT2D eigenvalue weighted by Crippen LogP contribution is -2.30. The Bertz CT molecular complexity index is 621. The first kappa shape index (κ1) is 16.1. The molecule has 0 spiro atoms. The van der Waals surface area contributed by atoms with Crippen LogP contribution in [0.3, 0.4) is 0 Å². The van der Waals surface area contributed by atoms with Gasteiger partial charge in [-0.25, -0.2) is 0 Å². The molecule has 1 heterocycles. The highest BCUT2D eigenvalue weighted by Gasteiger charge is 2.36. The number of amides is 2. The van der Waals surface area contributed by atoms with Gasteiger partial charge in [0.25, 0.3) is 0 Å². The molecular formula is C13H13Cl2N3O2S. The lowest BCUT2D eigenvalue weighted by Gasteiger charge is -2.09. The Morgan fingerprint density at radius 2 is 2.14 bits per heavy atom. The molecule has 0 aromatic heterocycles. The van der Waals surface area contributed by atoms with Gasteiger partial charge in [-0.15, -0.1) is 0 Å². The number of rotatable bonds is 3.